The molecular weight excluding hydrogens is 566 g/mol. The van der Waals surface area contributed by atoms with Gasteiger partial charge in [0.25, 0.3) is 17.7 Å². The highest BCUT2D eigenvalue weighted by Crippen LogP contribution is 2.31. The molecule has 13 heteroatoms. The number of halogens is 2. The molecule has 3 amide bonds. The zero-order valence-electron chi connectivity index (χ0n) is 23.9. The van der Waals surface area contributed by atoms with Gasteiger partial charge in [0.15, 0.2) is 0 Å². The molecule has 1 aromatic heterocycles. The fraction of sp³-hybridized carbons (Fsp3) is 0.433. The van der Waals surface area contributed by atoms with Crippen molar-refractivity contribution in [3.63, 3.8) is 0 Å². The second kappa shape index (κ2) is 15.0. The number of carbonyl (C=O) groups excluding carboxylic acids is 3. The number of carbonyl (C=O) groups is 3. The predicted molar refractivity (Wildman–Crippen MR) is 154 cm³/mol. The van der Waals surface area contributed by atoms with E-state index < -0.39 is 29.0 Å². The smallest absolute Gasteiger partial charge is 0.268 e. The number of nitrogens with one attached hydrogen (secondary N) is 3. The van der Waals surface area contributed by atoms with Crippen LogP contribution in [0.2, 0.25) is 0 Å². The van der Waals surface area contributed by atoms with Crippen molar-refractivity contribution in [3.05, 3.63) is 65.4 Å². The molecule has 11 nitrogen and oxygen atoms in total. The van der Waals surface area contributed by atoms with Crippen molar-refractivity contribution < 1.29 is 42.5 Å². The maximum Gasteiger partial charge on any atom is 0.268 e. The van der Waals surface area contributed by atoms with E-state index in [-0.39, 0.29) is 31.0 Å². The number of rotatable bonds is 16. The quantitative estimate of drug-likeness (QED) is 0.146. The number of nitrogens with zero attached hydrogens (tertiary/aromatic N) is 1. The van der Waals surface area contributed by atoms with Crippen LogP contribution in [0, 0.1) is 11.6 Å². The summed E-state index contributed by atoms with van der Waals surface area (Å²) in [7, 11) is 0. The number of hydrogen-bond donors (Lipinski definition) is 4. The Balaban J connectivity index is 1.25. The average molecular weight is 603 g/mol. The first-order chi connectivity index (χ1) is 20.7. The summed E-state index contributed by atoms with van der Waals surface area (Å²) in [5.41, 5.74) is -0.767. The molecule has 0 aliphatic carbocycles. The van der Waals surface area contributed by atoms with Gasteiger partial charge in [-0.15, -0.1) is 0 Å². The third-order valence-corrected chi connectivity index (χ3v) is 6.83. The van der Waals surface area contributed by atoms with Crippen molar-refractivity contribution in [1.29, 1.82) is 0 Å². The summed E-state index contributed by atoms with van der Waals surface area (Å²) >= 11 is 0. The largest absolute Gasteiger partial charge is 0.379 e. The number of benzene rings is 2. The summed E-state index contributed by atoms with van der Waals surface area (Å²) in [6, 6.07) is 9.46. The lowest BCUT2D eigenvalue weighted by molar-refractivity contribution is -0.149. The summed E-state index contributed by atoms with van der Waals surface area (Å²) in [5.74, 6) is -3.71. The van der Waals surface area contributed by atoms with E-state index in [4.69, 9.17) is 14.2 Å². The van der Waals surface area contributed by atoms with Crippen molar-refractivity contribution in [2.75, 3.05) is 57.6 Å². The molecule has 0 bridgehead atoms. The molecule has 1 atom stereocenters. The molecule has 1 fully saturated rings. The highest BCUT2D eigenvalue weighted by Gasteiger charge is 2.51. The standard InChI is InChI=1S/C30H36F2N4O7/c1-2-8-41-10-12-43-13-11-42-9-6-33-27(37)26-17-21-16-24(3-4-25(21)35-26)36-7-5-30(40,29(36)39)28(38)34-19-20-14-22(31)18-23(32)15-20/h3-4,14-18,35,40H,2,5-13,19H2,1H3,(H,33,37)(H,34,38)/t30-/m0/s1. The van der Waals surface area contributed by atoms with Crippen LogP contribution >= 0.6 is 0 Å². The summed E-state index contributed by atoms with van der Waals surface area (Å²) < 4.78 is 43.1. The van der Waals surface area contributed by atoms with Crippen LogP contribution in [0.25, 0.3) is 10.9 Å². The van der Waals surface area contributed by atoms with Crippen molar-refractivity contribution >= 4 is 34.3 Å². The number of amides is 3. The van der Waals surface area contributed by atoms with E-state index in [0.717, 1.165) is 18.6 Å². The fourth-order valence-electron chi connectivity index (χ4n) is 4.63. The van der Waals surface area contributed by atoms with Gasteiger partial charge >= 0.3 is 0 Å². The Hall–Kier alpha value is -3.91. The second-order valence-corrected chi connectivity index (χ2v) is 10.1. The van der Waals surface area contributed by atoms with Gasteiger partial charge in [-0.3, -0.25) is 14.4 Å². The van der Waals surface area contributed by atoms with Gasteiger partial charge in [0.2, 0.25) is 5.60 Å². The first kappa shape index (κ1) is 32.0. The Kier molecular flexibility index (Phi) is 11.2. The van der Waals surface area contributed by atoms with E-state index in [1.54, 1.807) is 24.3 Å². The first-order valence-corrected chi connectivity index (χ1v) is 14.1. The Morgan fingerprint density at radius 2 is 1.63 bits per heavy atom. The number of anilines is 1. The molecule has 3 aromatic rings. The van der Waals surface area contributed by atoms with Crippen LogP contribution in [0.4, 0.5) is 14.5 Å². The normalized spacial score (nSPS) is 16.7. The number of aliphatic hydroxyl groups is 1. The third-order valence-electron chi connectivity index (χ3n) is 6.83. The molecule has 0 radical (unpaired) electrons. The van der Waals surface area contributed by atoms with Crippen LogP contribution < -0.4 is 15.5 Å². The molecule has 1 saturated heterocycles. The van der Waals surface area contributed by atoms with Gasteiger partial charge in [-0.2, -0.15) is 0 Å². The first-order valence-electron chi connectivity index (χ1n) is 14.1. The van der Waals surface area contributed by atoms with E-state index in [0.29, 0.717) is 74.5 Å². The summed E-state index contributed by atoms with van der Waals surface area (Å²) in [6.07, 6.45) is 0.796. The Morgan fingerprint density at radius 1 is 0.953 bits per heavy atom. The van der Waals surface area contributed by atoms with Crippen molar-refractivity contribution in [1.82, 2.24) is 15.6 Å². The fourth-order valence-corrected chi connectivity index (χ4v) is 4.63. The minimum Gasteiger partial charge on any atom is -0.379 e. The van der Waals surface area contributed by atoms with Crippen LogP contribution in [0.5, 0.6) is 0 Å². The lowest BCUT2D eigenvalue weighted by atomic mass is 10.0. The lowest BCUT2D eigenvalue weighted by Crippen LogP contribution is -2.52. The van der Waals surface area contributed by atoms with Gasteiger partial charge in [-0.05, 0) is 48.4 Å². The summed E-state index contributed by atoms with van der Waals surface area (Å²) in [4.78, 5) is 42.8. The monoisotopic (exact) mass is 602 g/mol. The molecule has 2 heterocycles. The predicted octanol–water partition coefficient (Wildman–Crippen LogP) is 2.42. The SMILES string of the molecule is CCCOCCOCCOCCNC(=O)c1cc2cc(N3CC[C@](O)(C(=O)NCc4cc(F)cc(F)c4)C3=O)ccc2[nH]1. The van der Waals surface area contributed by atoms with E-state index >= 15 is 0 Å². The molecule has 4 rings (SSSR count). The minimum absolute atomic E-state index is 0.0678. The van der Waals surface area contributed by atoms with Gasteiger partial charge in [-0.1, -0.05) is 6.92 Å². The second-order valence-electron chi connectivity index (χ2n) is 10.1. The molecule has 2 aromatic carbocycles. The Morgan fingerprint density at radius 3 is 2.33 bits per heavy atom. The molecule has 43 heavy (non-hydrogen) atoms. The highest BCUT2D eigenvalue weighted by molar-refractivity contribution is 6.16. The van der Waals surface area contributed by atoms with Gasteiger partial charge in [-0.25, -0.2) is 8.78 Å². The molecule has 1 aliphatic rings. The number of aromatic amines is 1. The zero-order valence-corrected chi connectivity index (χ0v) is 23.9. The molecule has 232 valence electrons. The molecule has 4 N–H and O–H groups in total. The highest BCUT2D eigenvalue weighted by atomic mass is 19.1. The van der Waals surface area contributed by atoms with E-state index in [2.05, 4.69) is 15.6 Å². The van der Waals surface area contributed by atoms with Crippen LogP contribution in [-0.2, 0) is 30.3 Å². The summed E-state index contributed by atoms with van der Waals surface area (Å²) in [6.45, 7) is 5.07. The average Bonchev–Trinajstić information content (AvgIpc) is 3.55. The number of ether oxygens (including phenoxy) is 3. The zero-order chi connectivity index (χ0) is 30.8. The molecule has 0 saturated carbocycles. The topological polar surface area (TPSA) is 142 Å². The van der Waals surface area contributed by atoms with Gasteiger partial charge in [0.1, 0.15) is 17.3 Å². The number of aromatic nitrogens is 1. The van der Waals surface area contributed by atoms with E-state index in [9.17, 15) is 28.3 Å². The maximum atomic E-state index is 13.4. The van der Waals surface area contributed by atoms with Crippen molar-refractivity contribution in [2.45, 2.75) is 31.9 Å². The van der Waals surface area contributed by atoms with Crippen LogP contribution in [0.3, 0.4) is 0 Å². The van der Waals surface area contributed by atoms with Crippen LogP contribution in [0.15, 0.2) is 42.5 Å². The van der Waals surface area contributed by atoms with E-state index in [1.807, 2.05) is 6.92 Å². The minimum atomic E-state index is -2.33. The number of fused-ring (bicyclic) bond motifs is 1. The Bertz CT molecular complexity index is 1410. The van der Waals surface area contributed by atoms with Crippen LogP contribution in [0.1, 0.15) is 35.8 Å². The van der Waals surface area contributed by atoms with Crippen molar-refractivity contribution in [2.24, 2.45) is 0 Å². The molecular formula is C30H36F2N4O7. The number of H-pyrrole nitrogens is 1. The van der Waals surface area contributed by atoms with Gasteiger partial charge < -0.3 is 39.8 Å². The lowest BCUT2D eigenvalue weighted by Gasteiger charge is -2.22. The third kappa shape index (κ3) is 8.35. The molecule has 0 unspecified atom stereocenters. The molecule has 1 aliphatic heterocycles. The van der Waals surface area contributed by atoms with Crippen molar-refractivity contribution in [3.8, 4) is 0 Å². The van der Waals surface area contributed by atoms with Crippen LogP contribution in [-0.4, -0.2) is 86.1 Å². The maximum absolute atomic E-state index is 13.4. The van der Waals surface area contributed by atoms with E-state index in [1.165, 1.54) is 4.90 Å². The summed E-state index contributed by atoms with van der Waals surface area (Å²) in [5, 5.41) is 16.7. The van der Waals surface area contributed by atoms with Gasteiger partial charge in [0.05, 0.1) is 33.0 Å². The van der Waals surface area contributed by atoms with Gasteiger partial charge in [0, 0.05) is 55.3 Å². The molecule has 0 spiro atoms. The number of hydrogen-bond acceptors (Lipinski definition) is 7. The Labute approximate surface area is 247 Å².